The molecule has 0 N–H and O–H groups in total. The number of rotatable bonds is 5. The number of hydrogen-bond acceptors (Lipinski definition) is 2. The third-order valence-corrected chi connectivity index (χ3v) is 2.40. The number of ether oxygens (including phenoxy) is 2. The zero-order valence-corrected chi connectivity index (χ0v) is 12.7. The van der Waals surface area contributed by atoms with E-state index < -0.39 is 11.1 Å². The van der Waals surface area contributed by atoms with Crippen LogP contribution in [0.25, 0.3) is 0 Å². The lowest BCUT2D eigenvalue weighted by molar-refractivity contribution is -0.0362. The summed E-state index contributed by atoms with van der Waals surface area (Å²) in [6.45, 7) is 13.6. The molecule has 0 spiro atoms. The van der Waals surface area contributed by atoms with E-state index in [1.807, 2.05) is 0 Å². The summed E-state index contributed by atoms with van der Waals surface area (Å²) in [4.78, 5) is 0. The molecule has 98 valence electrons. The average Bonchev–Trinajstić information content (AvgIpc) is 2.07. The van der Waals surface area contributed by atoms with Crippen LogP contribution in [0.2, 0.25) is 0 Å². The van der Waals surface area contributed by atoms with Crippen molar-refractivity contribution in [1.29, 1.82) is 0 Å². The summed E-state index contributed by atoms with van der Waals surface area (Å²) in [7, 11) is 0. The van der Waals surface area contributed by atoms with Crippen LogP contribution in [-0.4, -0.2) is 24.3 Å². The predicted octanol–water partition coefficient (Wildman–Crippen LogP) is 4.24. The van der Waals surface area contributed by atoms with Crippen LogP contribution in [0.1, 0.15) is 41.5 Å². The summed E-state index contributed by atoms with van der Waals surface area (Å²) in [6.07, 6.45) is 0. The van der Waals surface area contributed by atoms with Gasteiger partial charge in [-0.1, -0.05) is 64.7 Å². The van der Waals surface area contributed by atoms with E-state index in [1.165, 1.54) is 0 Å². The van der Waals surface area contributed by atoms with Gasteiger partial charge in [-0.05, 0) is 10.8 Å². The molecule has 0 aromatic rings. The minimum Gasteiger partial charge on any atom is -0.358 e. The predicted molar refractivity (Wildman–Crippen MR) is 70.1 cm³/mol. The first kappa shape index (κ1) is 16.5. The Morgan fingerprint density at radius 3 is 1.19 bits per heavy atom. The molecule has 0 unspecified atom stereocenters. The quantitative estimate of drug-likeness (QED) is 0.696. The highest BCUT2D eigenvalue weighted by Gasteiger charge is 2.23. The molecule has 2 atom stereocenters. The minimum atomic E-state index is -0.608. The van der Waals surface area contributed by atoms with E-state index in [2.05, 4.69) is 41.5 Å². The largest absolute Gasteiger partial charge is 0.358 e. The Labute approximate surface area is 110 Å². The minimum absolute atomic E-state index is 0.0772. The van der Waals surface area contributed by atoms with Crippen LogP contribution >= 0.6 is 23.2 Å². The van der Waals surface area contributed by atoms with Crippen molar-refractivity contribution in [1.82, 2.24) is 0 Å². The van der Waals surface area contributed by atoms with Crippen LogP contribution in [0.5, 0.6) is 0 Å². The molecule has 0 aliphatic carbocycles. The maximum Gasteiger partial charge on any atom is 0.171 e. The number of hydrogen-bond donors (Lipinski definition) is 0. The van der Waals surface area contributed by atoms with Gasteiger partial charge in [-0.25, -0.2) is 0 Å². The molecule has 0 aliphatic rings. The summed E-state index contributed by atoms with van der Waals surface area (Å²) in [5.74, 6) is 0. The summed E-state index contributed by atoms with van der Waals surface area (Å²) in [5.41, 5.74) is -1.06. The first-order valence-electron chi connectivity index (χ1n) is 5.53. The summed E-state index contributed by atoms with van der Waals surface area (Å²) in [5, 5.41) is 0. The van der Waals surface area contributed by atoms with Crippen LogP contribution in [0.15, 0.2) is 0 Å². The van der Waals surface area contributed by atoms with Gasteiger partial charge in [0.15, 0.2) is 11.1 Å². The normalized spacial score (nSPS) is 17.2. The van der Waals surface area contributed by atoms with Gasteiger partial charge >= 0.3 is 0 Å². The zero-order chi connectivity index (χ0) is 13.0. The van der Waals surface area contributed by atoms with Crippen molar-refractivity contribution in [3.8, 4) is 0 Å². The van der Waals surface area contributed by atoms with E-state index in [0.717, 1.165) is 0 Å². The molecule has 0 saturated heterocycles. The molecule has 2 nitrogen and oxygen atoms in total. The van der Waals surface area contributed by atoms with E-state index in [1.54, 1.807) is 0 Å². The molecule has 0 aromatic heterocycles. The lowest BCUT2D eigenvalue weighted by atomic mass is 9.98. The molecule has 0 aromatic carbocycles. The van der Waals surface area contributed by atoms with Gasteiger partial charge in [-0.3, -0.25) is 0 Å². The Bertz CT molecular complexity index is 172. The van der Waals surface area contributed by atoms with Gasteiger partial charge in [0.25, 0.3) is 0 Å². The van der Waals surface area contributed by atoms with Crippen LogP contribution < -0.4 is 0 Å². The molecule has 0 amide bonds. The van der Waals surface area contributed by atoms with E-state index in [9.17, 15) is 0 Å². The highest BCUT2D eigenvalue weighted by molar-refractivity contribution is 6.28. The van der Waals surface area contributed by atoms with Gasteiger partial charge in [-0.2, -0.15) is 0 Å². The number of alkyl halides is 2. The molecule has 0 radical (unpaired) electrons. The van der Waals surface area contributed by atoms with Crippen molar-refractivity contribution in [2.45, 2.75) is 52.7 Å². The first-order chi connectivity index (χ1) is 7.01. The fraction of sp³-hybridized carbons (Fsp3) is 1.00. The van der Waals surface area contributed by atoms with E-state index >= 15 is 0 Å². The lowest BCUT2D eigenvalue weighted by Gasteiger charge is -2.25. The van der Waals surface area contributed by atoms with E-state index in [-0.39, 0.29) is 10.8 Å². The van der Waals surface area contributed by atoms with E-state index in [4.69, 9.17) is 32.7 Å². The van der Waals surface area contributed by atoms with Gasteiger partial charge in [-0.15, -0.1) is 0 Å². The monoisotopic (exact) mass is 270 g/mol. The van der Waals surface area contributed by atoms with Crippen molar-refractivity contribution < 1.29 is 9.47 Å². The van der Waals surface area contributed by atoms with Gasteiger partial charge in [0.2, 0.25) is 0 Å². The second kappa shape index (κ2) is 6.44. The van der Waals surface area contributed by atoms with Crippen molar-refractivity contribution in [2.75, 3.05) is 13.2 Å². The Kier molecular flexibility index (Phi) is 6.64. The zero-order valence-electron chi connectivity index (χ0n) is 11.1. The Morgan fingerprint density at radius 2 is 1.00 bits per heavy atom. The third-order valence-electron chi connectivity index (χ3n) is 1.56. The van der Waals surface area contributed by atoms with E-state index in [0.29, 0.717) is 13.2 Å². The highest BCUT2D eigenvalue weighted by Crippen LogP contribution is 2.22. The topological polar surface area (TPSA) is 18.5 Å². The van der Waals surface area contributed by atoms with Crippen LogP contribution in [0.4, 0.5) is 0 Å². The maximum atomic E-state index is 5.99. The fourth-order valence-electron chi connectivity index (χ4n) is 0.811. The van der Waals surface area contributed by atoms with Crippen molar-refractivity contribution in [3.05, 3.63) is 0 Å². The Hall–Kier alpha value is 0.500. The smallest absolute Gasteiger partial charge is 0.171 e. The van der Waals surface area contributed by atoms with Crippen molar-refractivity contribution in [2.24, 2.45) is 10.8 Å². The average molecular weight is 271 g/mol. The third kappa shape index (κ3) is 9.71. The molecule has 0 heterocycles. The summed E-state index contributed by atoms with van der Waals surface area (Å²) < 4.78 is 10.9. The molecule has 0 aliphatic heterocycles. The highest BCUT2D eigenvalue weighted by atomic mass is 35.5. The summed E-state index contributed by atoms with van der Waals surface area (Å²) in [6, 6.07) is 0. The second-order valence-corrected chi connectivity index (χ2v) is 7.31. The fourth-order valence-corrected chi connectivity index (χ4v) is 1.08. The summed E-state index contributed by atoms with van der Waals surface area (Å²) >= 11 is 12.0. The standard InChI is InChI=1S/C12H24Cl2O2/c1-11(2,3)7-15-9(13)10(14)16-8-12(4,5)6/h9-10H,7-8H2,1-6H3/t9-,10+. The molecule has 0 bridgehead atoms. The van der Waals surface area contributed by atoms with Gasteiger partial charge < -0.3 is 9.47 Å². The number of halogens is 2. The van der Waals surface area contributed by atoms with Gasteiger partial charge in [0.1, 0.15) is 0 Å². The Morgan fingerprint density at radius 1 is 0.750 bits per heavy atom. The van der Waals surface area contributed by atoms with Crippen molar-refractivity contribution >= 4 is 23.2 Å². The Balaban J connectivity index is 3.86. The molecule has 0 fully saturated rings. The molecular formula is C12H24Cl2O2. The van der Waals surface area contributed by atoms with Crippen LogP contribution in [0, 0.1) is 10.8 Å². The van der Waals surface area contributed by atoms with Gasteiger partial charge in [0, 0.05) is 0 Å². The molecular weight excluding hydrogens is 247 g/mol. The molecule has 4 heteroatoms. The molecule has 0 saturated carbocycles. The lowest BCUT2D eigenvalue weighted by Crippen LogP contribution is -2.29. The van der Waals surface area contributed by atoms with Crippen molar-refractivity contribution in [3.63, 3.8) is 0 Å². The molecule has 16 heavy (non-hydrogen) atoms. The maximum absolute atomic E-state index is 5.99. The second-order valence-electron chi connectivity index (χ2n) is 6.45. The first-order valence-corrected chi connectivity index (χ1v) is 6.40. The molecule has 0 rings (SSSR count). The van der Waals surface area contributed by atoms with Crippen LogP contribution in [-0.2, 0) is 9.47 Å². The van der Waals surface area contributed by atoms with Gasteiger partial charge in [0.05, 0.1) is 13.2 Å². The SMILES string of the molecule is CC(C)(C)CO[C@@H](Cl)[C@@H](Cl)OCC(C)(C)C. The van der Waals surface area contributed by atoms with Crippen LogP contribution in [0.3, 0.4) is 0 Å².